The Morgan fingerprint density at radius 3 is 3.00 bits per heavy atom. The molecule has 2 aromatic rings. The zero-order chi connectivity index (χ0) is 13.2. The highest BCUT2D eigenvalue weighted by molar-refractivity contribution is 5.84. The predicted octanol–water partition coefficient (Wildman–Crippen LogP) is 0.646. The van der Waals surface area contributed by atoms with Gasteiger partial charge in [0.25, 0.3) is 0 Å². The fourth-order valence-electron chi connectivity index (χ4n) is 2.41. The van der Waals surface area contributed by atoms with E-state index in [4.69, 9.17) is 0 Å². The van der Waals surface area contributed by atoms with Crippen molar-refractivity contribution in [3.05, 3.63) is 36.5 Å². The van der Waals surface area contributed by atoms with E-state index in [1.807, 2.05) is 41.1 Å². The number of para-hydroxylation sites is 1. The zero-order valence-electron chi connectivity index (χ0n) is 10.4. The molecule has 0 radical (unpaired) electrons. The van der Waals surface area contributed by atoms with Gasteiger partial charge in [-0.25, -0.2) is 0 Å². The van der Waals surface area contributed by atoms with Crippen LogP contribution in [0.1, 0.15) is 6.42 Å². The molecule has 1 saturated heterocycles. The SMILES string of the molecule is O=C1C[C@H](NC(=O)Cn2ccc3ccccc32)CN1. The van der Waals surface area contributed by atoms with Crippen molar-refractivity contribution in [2.24, 2.45) is 0 Å². The molecule has 1 aliphatic rings. The van der Waals surface area contributed by atoms with E-state index < -0.39 is 0 Å². The van der Waals surface area contributed by atoms with Crippen LogP contribution in [0.25, 0.3) is 10.9 Å². The van der Waals surface area contributed by atoms with Crippen molar-refractivity contribution in [3.8, 4) is 0 Å². The van der Waals surface area contributed by atoms with E-state index in [9.17, 15) is 9.59 Å². The lowest BCUT2D eigenvalue weighted by Crippen LogP contribution is -2.38. The van der Waals surface area contributed by atoms with E-state index in [0.717, 1.165) is 10.9 Å². The third-order valence-corrected chi connectivity index (χ3v) is 3.34. The number of amides is 2. The number of carbonyl (C=O) groups is 2. The minimum atomic E-state index is -0.0816. The third-order valence-electron chi connectivity index (χ3n) is 3.34. The Hall–Kier alpha value is -2.30. The topological polar surface area (TPSA) is 63.1 Å². The largest absolute Gasteiger partial charge is 0.354 e. The van der Waals surface area contributed by atoms with Gasteiger partial charge in [0.15, 0.2) is 0 Å². The van der Waals surface area contributed by atoms with Gasteiger partial charge in [-0.05, 0) is 17.5 Å². The van der Waals surface area contributed by atoms with Crippen LogP contribution in [0.3, 0.4) is 0 Å². The smallest absolute Gasteiger partial charge is 0.240 e. The Bertz CT molecular complexity index is 632. The molecule has 0 bridgehead atoms. The minimum Gasteiger partial charge on any atom is -0.354 e. The summed E-state index contributed by atoms with van der Waals surface area (Å²) in [6.07, 6.45) is 2.28. The van der Waals surface area contributed by atoms with Gasteiger partial charge in [-0.3, -0.25) is 9.59 Å². The number of hydrogen-bond donors (Lipinski definition) is 2. The van der Waals surface area contributed by atoms with Crippen LogP contribution in [-0.2, 0) is 16.1 Å². The van der Waals surface area contributed by atoms with E-state index in [1.54, 1.807) is 0 Å². The summed E-state index contributed by atoms with van der Waals surface area (Å²) in [4.78, 5) is 23.0. The van der Waals surface area contributed by atoms with Crippen LogP contribution in [-0.4, -0.2) is 29.0 Å². The van der Waals surface area contributed by atoms with Crippen LogP contribution in [0, 0.1) is 0 Å². The van der Waals surface area contributed by atoms with Crippen LogP contribution < -0.4 is 10.6 Å². The number of fused-ring (bicyclic) bond motifs is 1. The molecule has 0 spiro atoms. The van der Waals surface area contributed by atoms with E-state index in [0.29, 0.717) is 13.0 Å². The number of hydrogen-bond acceptors (Lipinski definition) is 2. The predicted molar refractivity (Wildman–Crippen MR) is 71.5 cm³/mol. The van der Waals surface area contributed by atoms with Crippen LogP contribution in [0.4, 0.5) is 0 Å². The highest BCUT2D eigenvalue weighted by atomic mass is 16.2. The van der Waals surface area contributed by atoms with Crippen LogP contribution in [0.15, 0.2) is 36.5 Å². The summed E-state index contributed by atoms with van der Waals surface area (Å²) >= 11 is 0. The molecule has 0 aliphatic carbocycles. The maximum absolute atomic E-state index is 11.9. The molecule has 1 atom stereocenters. The number of nitrogens with one attached hydrogen (secondary N) is 2. The molecule has 1 fully saturated rings. The first-order valence-electron chi connectivity index (χ1n) is 6.32. The Balaban J connectivity index is 1.67. The third kappa shape index (κ3) is 2.45. The lowest BCUT2D eigenvalue weighted by molar-refractivity contribution is -0.122. The average molecular weight is 257 g/mol. The van der Waals surface area contributed by atoms with Gasteiger partial charge in [0.05, 0.1) is 6.04 Å². The van der Waals surface area contributed by atoms with Crippen molar-refractivity contribution in [2.45, 2.75) is 19.0 Å². The molecule has 98 valence electrons. The molecule has 5 nitrogen and oxygen atoms in total. The van der Waals surface area contributed by atoms with Crippen molar-refractivity contribution in [1.82, 2.24) is 15.2 Å². The Labute approximate surface area is 110 Å². The summed E-state index contributed by atoms with van der Waals surface area (Å²) in [5.41, 5.74) is 1.04. The van der Waals surface area contributed by atoms with Crippen LogP contribution in [0.5, 0.6) is 0 Å². The molecule has 1 aromatic heterocycles. The molecule has 3 rings (SSSR count). The maximum atomic E-state index is 11.9. The molecule has 19 heavy (non-hydrogen) atoms. The summed E-state index contributed by atoms with van der Waals surface area (Å²) in [6, 6.07) is 9.84. The summed E-state index contributed by atoms with van der Waals surface area (Å²) in [6.45, 7) is 0.801. The van der Waals surface area contributed by atoms with Gasteiger partial charge < -0.3 is 15.2 Å². The van der Waals surface area contributed by atoms with Gasteiger partial charge in [0.1, 0.15) is 6.54 Å². The van der Waals surface area contributed by atoms with E-state index in [-0.39, 0.29) is 24.4 Å². The van der Waals surface area contributed by atoms with Crippen LogP contribution >= 0.6 is 0 Å². The van der Waals surface area contributed by atoms with Crippen molar-refractivity contribution in [2.75, 3.05) is 6.54 Å². The van der Waals surface area contributed by atoms with E-state index in [1.165, 1.54) is 0 Å². The summed E-state index contributed by atoms with van der Waals surface area (Å²) in [7, 11) is 0. The first-order valence-corrected chi connectivity index (χ1v) is 6.32. The lowest BCUT2D eigenvalue weighted by Gasteiger charge is -2.11. The van der Waals surface area contributed by atoms with Crippen molar-refractivity contribution in [3.63, 3.8) is 0 Å². The highest BCUT2D eigenvalue weighted by Crippen LogP contribution is 2.14. The van der Waals surface area contributed by atoms with Gasteiger partial charge in [-0.15, -0.1) is 0 Å². The molecule has 0 unspecified atom stereocenters. The second-order valence-corrected chi connectivity index (χ2v) is 4.78. The lowest BCUT2D eigenvalue weighted by atomic mass is 10.2. The van der Waals surface area contributed by atoms with Crippen molar-refractivity contribution >= 4 is 22.7 Å². The van der Waals surface area contributed by atoms with Gasteiger partial charge in [0.2, 0.25) is 11.8 Å². The molecular weight excluding hydrogens is 242 g/mol. The van der Waals surface area contributed by atoms with Gasteiger partial charge in [0, 0.05) is 24.7 Å². The summed E-state index contributed by atoms with van der Waals surface area (Å²) < 4.78 is 1.91. The van der Waals surface area contributed by atoms with E-state index >= 15 is 0 Å². The Morgan fingerprint density at radius 1 is 1.37 bits per heavy atom. The second-order valence-electron chi connectivity index (χ2n) is 4.78. The standard InChI is InChI=1S/C14H15N3O2/c18-13-7-11(8-15-13)16-14(19)9-17-6-5-10-3-1-2-4-12(10)17/h1-6,11H,7-9H2,(H,15,18)(H,16,19)/t11-/m0/s1. The Morgan fingerprint density at radius 2 is 2.21 bits per heavy atom. The molecule has 2 amide bonds. The molecule has 5 heteroatoms. The van der Waals surface area contributed by atoms with Crippen molar-refractivity contribution in [1.29, 1.82) is 0 Å². The average Bonchev–Trinajstić information content (AvgIpc) is 2.97. The van der Waals surface area contributed by atoms with Gasteiger partial charge >= 0.3 is 0 Å². The molecule has 2 heterocycles. The monoisotopic (exact) mass is 257 g/mol. The number of aromatic nitrogens is 1. The Kier molecular flexibility index (Phi) is 2.95. The van der Waals surface area contributed by atoms with Crippen LogP contribution in [0.2, 0.25) is 0 Å². The van der Waals surface area contributed by atoms with Crippen molar-refractivity contribution < 1.29 is 9.59 Å². The quantitative estimate of drug-likeness (QED) is 0.848. The fourth-order valence-corrected chi connectivity index (χ4v) is 2.41. The minimum absolute atomic E-state index is 0.00304. The maximum Gasteiger partial charge on any atom is 0.240 e. The molecule has 1 aromatic carbocycles. The molecule has 1 aliphatic heterocycles. The van der Waals surface area contributed by atoms with E-state index in [2.05, 4.69) is 10.6 Å². The number of nitrogens with zero attached hydrogens (tertiary/aromatic N) is 1. The highest BCUT2D eigenvalue weighted by Gasteiger charge is 2.22. The fraction of sp³-hybridized carbons (Fsp3) is 0.286. The summed E-state index contributed by atoms with van der Waals surface area (Å²) in [5.74, 6) is -0.0698. The molecule has 2 N–H and O–H groups in total. The van der Waals surface area contributed by atoms with Gasteiger partial charge in [-0.1, -0.05) is 18.2 Å². The molecular formula is C14H15N3O2. The van der Waals surface area contributed by atoms with Gasteiger partial charge in [-0.2, -0.15) is 0 Å². The first-order chi connectivity index (χ1) is 9.22. The first kappa shape index (κ1) is 11.8. The second kappa shape index (κ2) is 4.76. The molecule has 0 saturated carbocycles. The number of carbonyl (C=O) groups excluding carboxylic acids is 2. The number of benzene rings is 1. The summed E-state index contributed by atoms with van der Waals surface area (Å²) in [5, 5.41) is 6.69. The zero-order valence-corrected chi connectivity index (χ0v) is 10.4. The normalized spacial score (nSPS) is 18.5. The number of rotatable bonds is 3.